The highest BCUT2D eigenvalue weighted by Crippen LogP contribution is 2.07. The fraction of sp³-hybridized carbons (Fsp3) is 0.867. The normalized spacial score (nSPS) is 12.1. The molecule has 0 aliphatic rings. The Labute approximate surface area is 122 Å². The Morgan fingerprint density at radius 3 is 2.15 bits per heavy atom. The van der Waals surface area contributed by atoms with Gasteiger partial charge in [0, 0.05) is 13.0 Å². The largest absolute Gasteiger partial charge is 0.481 e. The lowest BCUT2D eigenvalue weighted by molar-refractivity contribution is -0.137. The highest BCUT2D eigenvalue weighted by Gasteiger charge is 2.13. The van der Waals surface area contributed by atoms with Crippen LogP contribution >= 0.6 is 0 Å². The molecule has 0 heterocycles. The van der Waals surface area contributed by atoms with Gasteiger partial charge in [-0.15, -0.1) is 0 Å². The molecule has 4 N–H and O–H groups in total. The van der Waals surface area contributed by atoms with E-state index in [9.17, 15) is 9.59 Å². The second-order valence-corrected chi connectivity index (χ2v) is 5.30. The summed E-state index contributed by atoms with van der Waals surface area (Å²) in [5, 5.41) is 11.3. The minimum Gasteiger partial charge on any atom is -0.481 e. The van der Waals surface area contributed by atoms with E-state index in [0.717, 1.165) is 12.8 Å². The molecule has 1 atom stereocenters. The molecule has 118 valence electrons. The summed E-state index contributed by atoms with van der Waals surface area (Å²) < 4.78 is 0. The van der Waals surface area contributed by atoms with Gasteiger partial charge < -0.3 is 16.2 Å². The molecule has 0 bridgehead atoms. The number of unbranched alkanes of at least 4 members (excludes halogenated alkanes) is 7. The monoisotopic (exact) mass is 286 g/mol. The van der Waals surface area contributed by atoms with Crippen molar-refractivity contribution in [2.75, 3.05) is 6.54 Å². The Balaban J connectivity index is 3.36. The Hall–Kier alpha value is -1.10. The maximum atomic E-state index is 11.5. The summed E-state index contributed by atoms with van der Waals surface area (Å²) in [4.78, 5) is 21.9. The third kappa shape index (κ3) is 12.0. The summed E-state index contributed by atoms with van der Waals surface area (Å²) in [6, 6.07) is -0.708. The van der Waals surface area contributed by atoms with Gasteiger partial charge in [-0.05, 0) is 12.8 Å². The van der Waals surface area contributed by atoms with Crippen LogP contribution in [0, 0.1) is 0 Å². The molecule has 0 aromatic rings. The van der Waals surface area contributed by atoms with Crippen LogP contribution in [0.2, 0.25) is 0 Å². The van der Waals surface area contributed by atoms with Crippen molar-refractivity contribution in [1.82, 2.24) is 5.32 Å². The van der Waals surface area contributed by atoms with E-state index in [-0.39, 0.29) is 18.7 Å². The highest BCUT2D eigenvalue weighted by atomic mass is 16.4. The number of hydrogen-bond acceptors (Lipinski definition) is 3. The van der Waals surface area contributed by atoms with E-state index in [1.165, 1.54) is 38.5 Å². The van der Waals surface area contributed by atoms with Crippen molar-refractivity contribution in [1.29, 1.82) is 0 Å². The number of hydrogen-bond donors (Lipinski definition) is 3. The molecule has 5 heteroatoms. The zero-order valence-electron chi connectivity index (χ0n) is 12.7. The first kappa shape index (κ1) is 18.9. The molecule has 20 heavy (non-hydrogen) atoms. The first-order chi connectivity index (χ1) is 9.57. The minimum absolute atomic E-state index is 0.0631. The Kier molecular flexibility index (Phi) is 12.2. The maximum Gasteiger partial charge on any atom is 0.303 e. The molecular formula is C15H30N2O3. The van der Waals surface area contributed by atoms with Crippen molar-refractivity contribution in [2.24, 2.45) is 5.73 Å². The quantitative estimate of drug-likeness (QED) is 0.453. The van der Waals surface area contributed by atoms with Crippen molar-refractivity contribution in [3.8, 4) is 0 Å². The molecule has 0 aromatic carbocycles. The predicted molar refractivity (Wildman–Crippen MR) is 80.5 cm³/mol. The molecule has 0 saturated heterocycles. The zero-order valence-corrected chi connectivity index (χ0v) is 12.7. The number of carbonyl (C=O) groups excluding carboxylic acids is 1. The number of carboxylic acid groups (broad SMARTS) is 1. The summed E-state index contributed by atoms with van der Waals surface area (Å²) >= 11 is 0. The summed E-state index contributed by atoms with van der Waals surface area (Å²) in [7, 11) is 0. The van der Waals surface area contributed by atoms with Crippen molar-refractivity contribution >= 4 is 11.9 Å². The van der Waals surface area contributed by atoms with Crippen molar-refractivity contribution in [2.45, 2.75) is 77.2 Å². The zero-order chi connectivity index (χ0) is 15.2. The molecular weight excluding hydrogens is 256 g/mol. The Morgan fingerprint density at radius 2 is 1.60 bits per heavy atom. The van der Waals surface area contributed by atoms with Crippen LogP contribution in [0.5, 0.6) is 0 Å². The molecule has 0 fully saturated rings. The average Bonchev–Trinajstić information content (AvgIpc) is 2.42. The lowest BCUT2D eigenvalue weighted by Gasteiger charge is -2.11. The van der Waals surface area contributed by atoms with Crippen molar-refractivity contribution in [3.63, 3.8) is 0 Å². The van der Waals surface area contributed by atoms with E-state index in [2.05, 4.69) is 12.2 Å². The van der Waals surface area contributed by atoms with Crippen LogP contribution in [0.25, 0.3) is 0 Å². The minimum atomic E-state index is -0.920. The van der Waals surface area contributed by atoms with Crippen LogP contribution in [-0.2, 0) is 9.59 Å². The van der Waals surface area contributed by atoms with E-state index >= 15 is 0 Å². The third-order valence-corrected chi connectivity index (χ3v) is 3.34. The van der Waals surface area contributed by atoms with E-state index in [0.29, 0.717) is 6.54 Å². The second-order valence-electron chi connectivity index (χ2n) is 5.30. The predicted octanol–water partition coefficient (Wildman–Crippen LogP) is 2.44. The van der Waals surface area contributed by atoms with E-state index in [4.69, 9.17) is 10.8 Å². The average molecular weight is 286 g/mol. The topological polar surface area (TPSA) is 92.4 Å². The van der Waals surface area contributed by atoms with Gasteiger partial charge in [0.05, 0.1) is 6.04 Å². The molecule has 0 rings (SSSR count). The molecule has 1 unspecified atom stereocenters. The summed E-state index contributed by atoms with van der Waals surface area (Å²) in [6.07, 6.45) is 9.92. The summed E-state index contributed by atoms with van der Waals surface area (Å²) in [5.74, 6) is -1.16. The van der Waals surface area contributed by atoms with Crippen LogP contribution in [0.15, 0.2) is 0 Å². The standard InChI is InChI=1S/C15H30N2O3/c1-2-3-4-5-6-7-8-9-12-17-15(20)13(16)10-11-14(18)19/h13H,2-12,16H2,1H3,(H,17,20)(H,18,19). The van der Waals surface area contributed by atoms with Gasteiger partial charge in [0.25, 0.3) is 0 Å². The van der Waals surface area contributed by atoms with E-state index < -0.39 is 12.0 Å². The third-order valence-electron chi connectivity index (χ3n) is 3.34. The molecule has 0 radical (unpaired) electrons. The van der Waals surface area contributed by atoms with Crippen molar-refractivity contribution in [3.05, 3.63) is 0 Å². The number of aliphatic carboxylic acids is 1. The Morgan fingerprint density at radius 1 is 1.05 bits per heavy atom. The molecule has 0 aliphatic carbocycles. The van der Waals surface area contributed by atoms with Crippen LogP contribution < -0.4 is 11.1 Å². The number of rotatable bonds is 13. The van der Waals surface area contributed by atoms with Gasteiger partial charge in [0.15, 0.2) is 0 Å². The first-order valence-corrected chi connectivity index (χ1v) is 7.83. The van der Waals surface area contributed by atoms with Gasteiger partial charge in [-0.25, -0.2) is 0 Å². The molecule has 1 amide bonds. The highest BCUT2D eigenvalue weighted by molar-refractivity contribution is 5.82. The van der Waals surface area contributed by atoms with Gasteiger partial charge in [-0.2, -0.15) is 0 Å². The van der Waals surface area contributed by atoms with E-state index in [1.54, 1.807) is 0 Å². The maximum absolute atomic E-state index is 11.5. The number of carboxylic acids is 1. The lowest BCUT2D eigenvalue weighted by atomic mass is 10.1. The van der Waals surface area contributed by atoms with Gasteiger partial charge in [0.1, 0.15) is 0 Å². The SMILES string of the molecule is CCCCCCCCCCNC(=O)C(N)CCC(=O)O. The lowest BCUT2D eigenvalue weighted by Crippen LogP contribution is -2.41. The number of amides is 1. The molecule has 0 aliphatic heterocycles. The Bertz CT molecular complexity index is 270. The second kappa shape index (κ2) is 12.9. The van der Waals surface area contributed by atoms with Crippen molar-refractivity contribution < 1.29 is 14.7 Å². The van der Waals surface area contributed by atoms with E-state index in [1.807, 2.05) is 0 Å². The van der Waals surface area contributed by atoms with Crippen LogP contribution in [0.3, 0.4) is 0 Å². The molecule has 0 saturated carbocycles. The van der Waals surface area contributed by atoms with Gasteiger partial charge in [-0.3, -0.25) is 9.59 Å². The van der Waals surface area contributed by atoms with Gasteiger partial charge in [0.2, 0.25) is 5.91 Å². The number of nitrogens with one attached hydrogen (secondary N) is 1. The fourth-order valence-electron chi connectivity index (χ4n) is 2.01. The summed E-state index contributed by atoms with van der Waals surface area (Å²) in [5.41, 5.74) is 5.60. The van der Waals surface area contributed by atoms with Crippen LogP contribution in [0.4, 0.5) is 0 Å². The van der Waals surface area contributed by atoms with Gasteiger partial charge >= 0.3 is 5.97 Å². The molecule has 0 aromatic heterocycles. The smallest absolute Gasteiger partial charge is 0.303 e. The van der Waals surface area contributed by atoms with Crippen LogP contribution in [-0.4, -0.2) is 29.6 Å². The number of carbonyl (C=O) groups is 2. The first-order valence-electron chi connectivity index (χ1n) is 7.83. The fourth-order valence-corrected chi connectivity index (χ4v) is 2.01. The molecule has 0 spiro atoms. The van der Waals surface area contributed by atoms with Crippen LogP contribution in [0.1, 0.15) is 71.1 Å². The summed E-state index contributed by atoms with van der Waals surface area (Å²) in [6.45, 7) is 2.85. The van der Waals surface area contributed by atoms with Gasteiger partial charge in [-0.1, -0.05) is 51.9 Å². The molecule has 5 nitrogen and oxygen atoms in total. The number of nitrogens with two attached hydrogens (primary N) is 1.